The molecule has 1 heterocycles. The third kappa shape index (κ3) is 3.80. The molecule has 2 unspecified atom stereocenters. The van der Waals surface area contributed by atoms with Crippen LogP contribution in [0.1, 0.15) is 43.9 Å². The van der Waals surface area contributed by atoms with Crippen LogP contribution < -0.4 is 5.32 Å². The molecule has 0 aliphatic carbocycles. The molecule has 3 heteroatoms. The van der Waals surface area contributed by atoms with Crippen LogP contribution in [-0.2, 0) is 4.79 Å². The van der Waals surface area contributed by atoms with Gasteiger partial charge in [0.2, 0.25) is 5.91 Å². The minimum Gasteiger partial charge on any atom is -0.341 e. The maximum absolute atomic E-state index is 11.6. The van der Waals surface area contributed by atoms with Gasteiger partial charge < -0.3 is 10.2 Å². The minimum atomic E-state index is 0.302. The first-order valence-corrected chi connectivity index (χ1v) is 7.16. The van der Waals surface area contributed by atoms with E-state index in [2.05, 4.69) is 50.4 Å². The second-order valence-electron chi connectivity index (χ2n) is 5.64. The SMILES string of the molecule is Cc1ccc(C(C)NC(C)CN2CCCC2=O)cc1. The van der Waals surface area contributed by atoms with Gasteiger partial charge in [-0.1, -0.05) is 29.8 Å². The maximum Gasteiger partial charge on any atom is 0.222 e. The Morgan fingerprint density at radius 3 is 2.53 bits per heavy atom. The van der Waals surface area contributed by atoms with Crippen molar-refractivity contribution in [1.82, 2.24) is 10.2 Å². The first kappa shape index (κ1) is 14.1. The van der Waals surface area contributed by atoms with Gasteiger partial charge in [-0.2, -0.15) is 0 Å². The largest absolute Gasteiger partial charge is 0.341 e. The van der Waals surface area contributed by atoms with E-state index in [9.17, 15) is 4.79 Å². The fourth-order valence-electron chi connectivity index (χ4n) is 2.66. The van der Waals surface area contributed by atoms with Crippen molar-refractivity contribution in [3.8, 4) is 0 Å². The highest BCUT2D eigenvalue weighted by atomic mass is 16.2. The monoisotopic (exact) mass is 260 g/mol. The molecule has 0 spiro atoms. The van der Waals surface area contributed by atoms with Crippen molar-refractivity contribution in [2.45, 2.75) is 45.7 Å². The molecule has 0 aromatic heterocycles. The zero-order chi connectivity index (χ0) is 13.8. The topological polar surface area (TPSA) is 32.3 Å². The molecule has 1 saturated heterocycles. The quantitative estimate of drug-likeness (QED) is 0.882. The Morgan fingerprint density at radius 2 is 1.95 bits per heavy atom. The number of benzene rings is 1. The molecular weight excluding hydrogens is 236 g/mol. The highest BCUT2D eigenvalue weighted by Gasteiger charge is 2.22. The molecule has 1 aliphatic rings. The molecule has 1 aromatic carbocycles. The Bertz CT molecular complexity index is 427. The van der Waals surface area contributed by atoms with Gasteiger partial charge in [-0.05, 0) is 32.8 Å². The van der Waals surface area contributed by atoms with E-state index in [1.807, 2.05) is 4.90 Å². The predicted molar refractivity (Wildman–Crippen MR) is 78.0 cm³/mol. The summed E-state index contributed by atoms with van der Waals surface area (Å²) in [5, 5.41) is 3.57. The summed E-state index contributed by atoms with van der Waals surface area (Å²) in [6.07, 6.45) is 1.74. The fraction of sp³-hybridized carbons (Fsp3) is 0.562. The van der Waals surface area contributed by atoms with Gasteiger partial charge in [0, 0.05) is 31.6 Å². The van der Waals surface area contributed by atoms with Crippen molar-refractivity contribution in [3.63, 3.8) is 0 Å². The van der Waals surface area contributed by atoms with E-state index in [1.54, 1.807) is 0 Å². The normalized spacial score (nSPS) is 18.7. The Balaban J connectivity index is 1.85. The third-order valence-electron chi connectivity index (χ3n) is 3.78. The number of carbonyl (C=O) groups excluding carboxylic acids is 1. The van der Waals surface area contributed by atoms with Crippen molar-refractivity contribution in [2.75, 3.05) is 13.1 Å². The molecular formula is C16H24N2O. The van der Waals surface area contributed by atoms with E-state index >= 15 is 0 Å². The molecule has 104 valence electrons. The lowest BCUT2D eigenvalue weighted by atomic mass is 10.1. The number of nitrogens with zero attached hydrogens (tertiary/aromatic N) is 1. The Morgan fingerprint density at radius 1 is 1.26 bits per heavy atom. The summed E-state index contributed by atoms with van der Waals surface area (Å²) < 4.78 is 0. The Kier molecular flexibility index (Phi) is 4.59. The van der Waals surface area contributed by atoms with Crippen LogP contribution in [0.4, 0.5) is 0 Å². The molecule has 3 nitrogen and oxygen atoms in total. The van der Waals surface area contributed by atoms with Gasteiger partial charge in [0.1, 0.15) is 0 Å². The molecule has 0 radical (unpaired) electrons. The molecule has 1 fully saturated rings. The van der Waals surface area contributed by atoms with Gasteiger partial charge >= 0.3 is 0 Å². The number of hydrogen-bond donors (Lipinski definition) is 1. The van der Waals surface area contributed by atoms with Crippen LogP contribution in [0.15, 0.2) is 24.3 Å². The lowest BCUT2D eigenvalue weighted by molar-refractivity contribution is -0.127. The van der Waals surface area contributed by atoms with Gasteiger partial charge in [0.25, 0.3) is 0 Å². The van der Waals surface area contributed by atoms with Crippen LogP contribution in [0.2, 0.25) is 0 Å². The van der Waals surface area contributed by atoms with Crippen LogP contribution in [-0.4, -0.2) is 29.9 Å². The van der Waals surface area contributed by atoms with E-state index in [0.29, 0.717) is 18.0 Å². The average molecular weight is 260 g/mol. The van der Waals surface area contributed by atoms with Gasteiger partial charge in [-0.3, -0.25) is 4.79 Å². The van der Waals surface area contributed by atoms with Crippen molar-refractivity contribution < 1.29 is 4.79 Å². The summed E-state index contributed by atoms with van der Waals surface area (Å²) in [5.74, 6) is 0.302. The molecule has 1 aliphatic heterocycles. The van der Waals surface area contributed by atoms with Gasteiger partial charge in [0.05, 0.1) is 0 Å². The average Bonchev–Trinajstić information content (AvgIpc) is 2.75. The lowest BCUT2D eigenvalue weighted by Crippen LogP contribution is -2.40. The number of carbonyl (C=O) groups is 1. The summed E-state index contributed by atoms with van der Waals surface area (Å²) in [4.78, 5) is 13.6. The smallest absolute Gasteiger partial charge is 0.222 e. The van der Waals surface area contributed by atoms with Crippen molar-refractivity contribution in [2.24, 2.45) is 0 Å². The second-order valence-corrected chi connectivity index (χ2v) is 5.64. The molecule has 1 aromatic rings. The first-order chi connectivity index (χ1) is 9.06. The number of likely N-dealkylation sites (tertiary alicyclic amines) is 1. The molecule has 1 amide bonds. The Hall–Kier alpha value is -1.35. The van der Waals surface area contributed by atoms with Crippen molar-refractivity contribution >= 4 is 5.91 Å². The summed E-state index contributed by atoms with van der Waals surface area (Å²) in [7, 11) is 0. The van der Waals surface area contributed by atoms with Crippen molar-refractivity contribution in [3.05, 3.63) is 35.4 Å². The van der Waals surface area contributed by atoms with Gasteiger partial charge in [-0.15, -0.1) is 0 Å². The zero-order valence-electron chi connectivity index (χ0n) is 12.1. The summed E-state index contributed by atoms with van der Waals surface area (Å²) >= 11 is 0. The van der Waals surface area contributed by atoms with Crippen LogP contribution in [0.3, 0.4) is 0 Å². The van der Waals surface area contributed by atoms with E-state index in [1.165, 1.54) is 11.1 Å². The molecule has 19 heavy (non-hydrogen) atoms. The standard InChI is InChI=1S/C16H24N2O/c1-12-6-8-15(9-7-12)14(3)17-13(2)11-18-10-4-5-16(18)19/h6-9,13-14,17H,4-5,10-11H2,1-3H3. The first-order valence-electron chi connectivity index (χ1n) is 7.16. The molecule has 1 N–H and O–H groups in total. The second kappa shape index (κ2) is 6.20. The van der Waals surface area contributed by atoms with Gasteiger partial charge in [0.15, 0.2) is 0 Å². The van der Waals surface area contributed by atoms with Crippen LogP contribution >= 0.6 is 0 Å². The summed E-state index contributed by atoms with van der Waals surface area (Å²) in [6.45, 7) is 8.16. The van der Waals surface area contributed by atoms with E-state index in [4.69, 9.17) is 0 Å². The van der Waals surface area contributed by atoms with Crippen molar-refractivity contribution in [1.29, 1.82) is 0 Å². The number of hydrogen-bond acceptors (Lipinski definition) is 2. The predicted octanol–water partition coefficient (Wildman–Crippen LogP) is 2.66. The minimum absolute atomic E-state index is 0.302. The fourth-order valence-corrected chi connectivity index (χ4v) is 2.66. The van der Waals surface area contributed by atoms with Gasteiger partial charge in [-0.25, -0.2) is 0 Å². The number of rotatable bonds is 5. The lowest BCUT2D eigenvalue weighted by Gasteiger charge is -2.25. The highest BCUT2D eigenvalue weighted by Crippen LogP contribution is 2.15. The summed E-state index contributed by atoms with van der Waals surface area (Å²) in [5.41, 5.74) is 2.58. The zero-order valence-corrected chi connectivity index (χ0v) is 12.1. The van der Waals surface area contributed by atoms with Crippen LogP contribution in [0, 0.1) is 6.92 Å². The third-order valence-corrected chi connectivity index (χ3v) is 3.78. The molecule has 2 rings (SSSR count). The Labute approximate surface area is 116 Å². The highest BCUT2D eigenvalue weighted by molar-refractivity contribution is 5.78. The molecule has 0 saturated carbocycles. The molecule has 2 atom stereocenters. The van der Waals surface area contributed by atoms with Crippen LogP contribution in [0.5, 0.6) is 0 Å². The number of amides is 1. The number of aryl methyl sites for hydroxylation is 1. The van der Waals surface area contributed by atoms with Crippen LogP contribution in [0.25, 0.3) is 0 Å². The van der Waals surface area contributed by atoms with E-state index < -0.39 is 0 Å². The maximum atomic E-state index is 11.6. The van der Waals surface area contributed by atoms with E-state index in [0.717, 1.165) is 25.9 Å². The summed E-state index contributed by atoms with van der Waals surface area (Å²) in [6, 6.07) is 9.25. The van der Waals surface area contributed by atoms with E-state index in [-0.39, 0.29) is 0 Å². The number of nitrogens with one attached hydrogen (secondary N) is 1. The molecule has 0 bridgehead atoms.